The Balaban J connectivity index is 1.46. The number of carbonyl (C=O) groups is 1. The molecule has 4 rings (SSSR count). The van der Waals surface area contributed by atoms with Gasteiger partial charge in [-0.2, -0.15) is 0 Å². The average molecular weight is 379 g/mol. The van der Waals surface area contributed by atoms with E-state index in [1.54, 1.807) is 18.2 Å². The number of rotatable bonds is 2. The van der Waals surface area contributed by atoms with Crippen LogP contribution in [0.1, 0.15) is 10.4 Å². The summed E-state index contributed by atoms with van der Waals surface area (Å²) in [4.78, 5) is 16.7. The molecule has 0 radical (unpaired) electrons. The maximum Gasteiger partial charge on any atom is 0.254 e. The van der Waals surface area contributed by atoms with Gasteiger partial charge in [-0.3, -0.25) is 4.79 Å². The van der Waals surface area contributed by atoms with Crippen molar-refractivity contribution in [3.05, 3.63) is 52.0 Å². The van der Waals surface area contributed by atoms with Crippen molar-refractivity contribution in [2.75, 3.05) is 37.9 Å². The summed E-state index contributed by atoms with van der Waals surface area (Å²) in [6.45, 7) is 2.77. The van der Waals surface area contributed by atoms with Crippen LogP contribution >= 0.6 is 23.2 Å². The zero-order chi connectivity index (χ0) is 17.4. The molecule has 0 saturated carbocycles. The van der Waals surface area contributed by atoms with Crippen molar-refractivity contribution in [2.24, 2.45) is 0 Å². The normalized spacial score (nSPS) is 16.2. The molecule has 2 aliphatic rings. The fourth-order valence-corrected chi connectivity index (χ4v) is 3.77. The van der Waals surface area contributed by atoms with Crippen molar-refractivity contribution in [2.45, 2.75) is 0 Å². The largest absolute Gasteiger partial charge is 0.454 e. The molecule has 2 heterocycles. The third kappa shape index (κ3) is 3.10. The number of carbonyl (C=O) groups excluding carboxylic acids is 1. The predicted octanol–water partition coefficient (Wildman–Crippen LogP) is 3.68. The van der Waals surface area contributed by atoms with Crippen LogP contribution in [0.2, 0.25) is 10.0 Å². The number of ether oxygens (including phenoxy) is 2. The van der Waals surface area contributed by atoms with Gasteiger partial charge in [0.25, 0.3) is 5.91 Å². The molecular weight excluding hydrogens is 363 g/mol. The highest BCUT2D eigenvalue weighted by Crippen LogP contribution is 2.35. The van der Waals surface area contributed by atoms with Gasteiger partial charge in [0, 0.05) is 31.7 Å². The predicted molar refractivity (Wildman–Crippen MR) is 97.1 cm³/mol. The summed E-state index contributed by atoms with van der Waals surface area (Å²) in [5.41, 5.74) is 1.44. The van der Waals surface area contributed by atoms with Crippen molar-refractivity contribution < 1.29 is 14.3 Å². The Kier molecular flexibility index (Phi) is 4.36. The van der Waals surface area contributed by atoms with E-state index in [9.17, 15) is 4.79 Å². The summed E-state index contributed by atoms with van der Waals surface area (Å²) >= 11 is 12.6. The Morgan fingerprint density at radius 3 is 2.32 bits per heavy atom. The molecule has 2 aromatic carbocycles. The minimum atomic E-state index is -0.0109. The molecule has 130 valence electrons. The molecule has 0 aliphatic carbocycles. The highest BCUT2D eigenvalue weighted by atomic mass is 35.5. The van der Waals surface area contributed by atoms with Crippen LogP contribution < -0.4 is 14.4 Å². The summed E-state index contributed by atoms with van der Waals surface area (Å²) in [7, 11) is 0. The molecule has 0 unspecified atom stereocenters. The Morgan fingerprint density at radius 2 is 1.60 bits per heavy atom. The smallest absolute Gasteiger partial charge is 0.254 e. The minimum absolute atomic E-state index is 0.0109. The number of anilines is 1. The van der Waals surface area contributed by atoms with Gasteiger partial charge in [0.2, 0.25) is 6.79 Å². The molecule has 1 saturated heterocycles. The summed E-state index contributed by atoms with van der Waals surface area (Å²) in [5.74, 6) is 1.28. The number of hydrogen-bond acceptors (Lipinski definition) is 4. The van der Waals surface area contributed by atoms with Crippen LogP contribution in [0.25, 0.3) is 0 Å². The third-order valence-electron chi connectivity index (χ3n) is 4.44. The van der Waals surface area contributed by atoms with Gasteiger partial charge in [-0.25, -0.2) is 0 Å². The summed E-state index contributed by atoms with van der Waals surface area (Å²) in [6.07, 6.45) is 0. The molecule has 1 amide bonds. The topological polar surface area (TPSA) is 42.0 Å². The molecule has 0 atom stereocenters. The first-order valence-electron chi connectivity index (χ1n) is 8.01. The summed E-state index contributed by atoms with van der Waals surface area (Å²) < 4.78 is 10.6. The molecule has 2 aromatic rings. The highest BCUT2D eigenvalue weighted by molar-refractivity contribution is 6.39. The second-order valence-electron chi connectivity index (χ2n) is 5.92. The van der Waals surface area contributed by atoms with Gasteiger partial charge >= 0.3 is 0 Å². The summed E-state index contributed by atoms with van der Waals surface area (Å²) in [6, 6.07) is 10.8. The molecule has 0 bridgehead atoms. The monoisotopic (exact) mass is 378 g/mol. The van der Waals surface area contributed by atoms with Crippen molar-refractivity contribution in [1.29, 1.82) is 0 Å². The third-order valence-corrected chi connectivity index (χ3v) is 5.05. The van der Waals surface area contributed by atoms with Gasteiger partial charge in [0.05, 0.1) is 15.7 Å². The molecule has 25 heavy (non-hydrogen) atoms. The van der Waals surface area contributed by atoms with Gasteiger partial charge in [0.15, 0.2) is 11.5 Å². The zero-order valence-corrected chi connectivity index (χ0v) is 14.9. The number of benzene rings is 2. The van der Waals surface area contributed by atoms with Crippen LogP contribution in [-0.4, -0.2) is 43.8 Å². The lowest BCUT2D eigenvalue weighted by Crippen LogP contribution is -2.49. The first-order valence-corrected chi connectivity index (χ1v) is 8.77. The second-order valence-corrected chi connectivity index (χ2v) is 6.73. The van der Waals surface area contributed by atoms with Crippen LogP contribution in [0.5, 0.6) is 11.5 Å². The second kappa shape index (κ2) is 6.65. The van der Waals surface area contributed by atoms with E-state index in [0.29, 0.717) is 53.3 Å². The van der Waals surface area contributed by atoms with E-state index in [-0.39, 0.29) is 12.7 Å². The van der Waals surface area contributed by atoms with Gasteiger partial charge < -0.3 is 19.3 Å². The number of halogens is 2. The molecule has 7 heteroatoms. The maximum atomic E-state index is 12.7. The van der Waals surface area contributed by atoms with Crippen LogP contribution in [0.4, 0.5) is 5.69 Å². The lowest BCUT2D eigenvalue weighted by molar-refractivity contribution is 0.0746. The van der Waals surface area contributed by atoms with Crippen LogP contribution in [-0.2, 0) is 0 Å². The van der Waals surface area contributed by atoms with E-state index in [0.717, 1.165) is 5.69 Å². The molecule has 5 nitrogen and oxygen atoms in total. The number of para-hydroxylation sites is 1. The van der Waals surface area contributed by atoms with Crippen molar-refractivity contribution >= 4 is 34.8 Å². The number of nitrogens with zero attached hydrogens (tertiary/aromatic N) is 2. The highest BCUT2D eigenvalue weighted by Gasteiger charge is 2.25. The maximum absolute atomic E-state index is 12.7. The lowest BCUT2D eigenvalue weighted by Gasteiger charge is -2.37. The number of fused-ring (bicyclic) bond motifs is 1. The molecule has 0 N–H and O–H groups in total. The Bertz CT molecular complexity index is 800. The lowest BCUT2D eigenvalue weighted by atomic mass is 10.1. The molecule has 0 spiro atoms. The molecule has 1 fully saturated rings. The molecule has 2 aliphatic heterocycles. The van der Waals surface area contributed by atoms with E-state index in [2.05, 4.69) is 4.90 Å². The number of hydrogen-bond donors (Lipinski definition) is 0. The molecule has 0 aromatic heterocycles. The van der Waals surface area contributed by atoms with Gasteiger partial charge in [-0.05, 0) is 30.3 Å². The van der Waals surface area contributed by atoms with Crippen molar-refractivity contribution in [3.63, 3.8) is 0 Å². The quantitative estimate of drug-likeness (QED) is 0.799. The van der Waals surface area contributed by atoms with E-state index >= 15 is 0 Å². The van der Waals surface area contributed by atoms with Crippen molar-refractivity contribution in [3.8, 4) is 11.5 Å². The van der Waals surface area contributed by atoms with Crippen LogP contribution in [0.3, 0.4) is 0 Å². The van der Waals surface area contributed by atoms with Gasteiger partial charge in [0.1, 0.15) is 0 Å². The van der Waals surface area contributed by atoms with Crippen LogP contribution in [0, 0.1) is 0 Å². The minimum Gasteiger partial charge on any atom is -0.454 e. The van der Waals surface area contributed by atoms with Crippen molar-refractivity contribution in [1.82, 2.24) is 4.90 Å². The fraction of sp³-hybridized carbons (Fsp3) is 0.278. The van der Waals surface area contributed by atoms with Crippen LogP contribution in [0.15, 0.2) is 36.4 Å². The van der Waals surface area contributed by atoms with E-state index in [1.807, 2.05) is 23.1 Å². The Morgan fingerprint density at radius 1 is 0.920 bits per heavy atom. The standard InChI is InChI=1S/C18H16Cl2N2O3/c19-13-2-1-3-14(20)17(13)21-6-8-22(9-7-21)18(23)12-4-5-15-16(10-12)25-11-24-15/h1-5,10H,6-9,11H2. The zero-order valence-electron chi connectivity index (χ0n) is 13.4. The van der Waals surface area contributed by atoms with Gasteiger partial charge in [-0.15, -0.1) is 0 Å². The van der Waals surface area contributed by atoms with E-state index in [4.69, 9.17) is 32.7 Å². The first-order chi connectivity index (χ1) is 12.1. The number of piperazine rings is 1. The average Bonchev–Trinajstić information content (AvgIpc) is 3.09. The Labute approximate surface area is 155 Å². The summed E-state index contributed by atoms with van der Waals surface area (Å²) in [5, 5.41) is 1.26. The first kappa shape index (κ1) is 16.4. The van der Waals surface area contributed by atoms with Gasteiger partial charge in [-0.1, -0.05) is 29.3 Å². The SMILES string of the molecule is O=C(c1ccc2c(c1)OCO2)N1CCN(c2c(Cl)cccc2Cl)CC1. The van der Waals surface area contributed by atoms with E-state index in [1.165, 1.54) is 0 Å². The Hall–Kier alpha value is -2.11. The molecular formula is C18H16Cl2N2O3. The fourth-order valence-electron chi connectivity index (χ4n) is 3.14. The van der Waals surface area contributed by atoms with E-state index < -0.39 is 0 Å². The number of amides is 1.